The van der Waals surface area contributed by atoms with Crippen molar-refractivity contribution in [3.63, 3.8) is 0 Å². The van der Waals surface area contributed by atoms with Gasteiger partial charge in [0.05, 0.1) is 6.04 Å². The Hall–Kier alpha value is -1.35. The lowest BCUT2D eigenvalue weighted by Crippen LogP contribution is -2.23. The van der Waals surface area contributed by atoms with Crippen LogP contribution in [0.15, 0.2) is 28.7 Å². The summed E-state index contributed by atoms with van der Waals surface area (Å²) in [7, 11) is 1.97. The predicted octanol–water partition coefficient (Wildman–Crippen LogP) is 4.66. The monoisotopic (exact) mass is 275 g/mol. The van der Waals surface area contributed by atoms with Crippen LogP contribution in [0.4, 0.5) is 4.39 Å². The van der Waals surface area contributed by atoms with Crippen molar-refractivity contribution < 1.29 is 8.81 Å². The summed E-state index contributed by atoms with van der Waals surface area (Å²) >= 11 is 0. The van der Waals surface area contributed by atoms with Crippen LogP contribution in [0.1, 0.15) is 44.4 Å². The van der Waals surface area contributed by atoms with Gasteiger partial charge in [-0.05, 0) is 43.9 Å². The van der Waals surface area contributed by atoms with Crippen molar-refractivity contribution in [2.24, 2.45) is 11.8 Å². The Bertz CT molecular complexity index is 592. The normalized spacial score (nSPS) is 24.4. The molecule has 1 aliphatic rings. The molecule has 1 aliphatic carbocycles. The van der Waals surface area contributed by atoms with E-state index in [9.17, 15) is 4.39 Å². The molecular weight excluding hydrogens is 253 g/mol. The van der Waals surface area contributed by atoms with Gasteiger partial charge >= 0.3 is 0 Å². The minimum absolute atomic E-state index is 0.193. The molecule has 3 heteroatoms. The first-order valence-corrected chi connectivity index (χ1v) is 7.58. The van der Waals surface area contributed by atoms with Crippen LogP contribution in [0.5, 0.6) is 0 Å². The van der Waals surface area contributed by atoms with Crippen molar-refractivity contribution in [2.45, 2.75) is 38.6 Å². The van der Waals surface area contributed by atoms with Crippen molar-refractivity contribution in [3.8, 4) is 0 Å². The number of benzene rings is 1. The zero-order valence-corrected chi connectivity index (χ0v) is 12.2. The topological polar surface area (TPSA) is 25.2 Å². The van der Waals surface area contributed by atoms with Crippen molar-refractivity contribution in [1.29, 1.82) is 0 Å². The average Bonchev–Trinajstić information content (AvgIpc) is 3.07. The predicted molar refractivity (Wildman–Crippen MR) is 79.1 cm³/mol. The molecule has 3 rings (SSSR count). The quantitative estimate of drug-likeness (QED) is 0.878. The number of hydrogen-bond donors (Lipinski definition) is 1. The van der Waals surface area contributed by atoms with Crippen LogP contribution in [0.3, 0.4) is 0 Å². The molecule has 1 aromatic heterocycles. The highest BCUT2D eigenvalue weighted by Gasteiger charge is 2.32. The Morgan fingerprint density at radius 1 is 1.40 bits per heavy atom. The van der Waals surface area contributed by atoms with Crippen LogP contribution in [0.2, 0.25) is 0 Å². The molecule has 0 aliphatic heterocycles. The second-order valence-corrected chi connectivity index (χ2v) is 5.92. The Balaban J connectivity index is 1.89. The zero-order chi connectivity index (χ0) is 14.1. The highest BCUT2D eigenvalue weighted by molar-refractivity contribution is 5.78. The number of fused-ring (bicyclic) bond motifs is 1. The van der Waals surface area contributed by atoms with Gasteiger partial charge in [-0.2, -0.15) is 0 Å². The largest absolute Gasteiger partial charge is 0.456 e. The summed E-state index contributed by atoms with van der Waals surface area (Å²) in [6.07, 6.45) is 5.01. The molecule has 1 N–H and O–H groups in total. The third-order valence-electron chi connectivity index (χ3n) is 4.76. The minimum Gasteiger partial charge on any atom is -0.456 e. The van der Waals surface area contributed by atoms with E-state index in [2.05, 4.69) is 12.2 Å². The lowest BCUT2D eigenvalue weighted by Gasteiger charge is -2.21. The summed E-state index contributed by atoms with van der Waals surface area (Å²) in [5, 5.41) is 4.22. The number of rotatable bonds is 4. The van der Waals surface area contributed by atoms with Crippen LogP contribution in [-0.4, -0.2) is 7.05 Å². The molecule has 0 bridgehead atoms. The van der Waals surface area contributed by atoms with E-state index in [0.717, 1.165) is 17.1 Å². The third kappa shape index (κ3) is 2.35. The maximum absolute atomic E-state index is 13.7. The first kappa shape index (κ1) is 13.6. The van der Waals surface area contributed by atoms with E-state index < -0.39 is 0 Å². The highest BCUT2D eigenvalue weighted by atomic mass is 19.1. The van der Waals surface area contributed by atoms with Crippen molar-refractivity contribution >= 4 is 11.0 Å². The molecule has 0 spiro atoms. The van der Waals surface area contributed by atoms with Crippen LogP contribution in [-0.2, 0) is 0 Å². The smallest absolute Gasteiger partial charge is 0.169 e. The Labute approximate surface area is 119 Å². The number of halogens is 1. The fraction of sp³-hybridized carbons (Fsp3) is 0.529. The molecule has 3 atom stereocenters. The Morgan fingerprint density at radius 3 is 2.90 bits per heavy atom. The molecule has 108 valence electrons. The molecule has 1 aromatic carbocycles. The van der Waals surface area contributed by atoms with Crippen LogP contribution in [0.25, 0.3) is 11.0 Å². The van der Waals surface area contributed by atoms with Gasteiger partial charge in [-0.25, -0.2) is 4.39 Å². The molecule has 0 amide bonds. The van der Waals surface area contributed by atoms with Crippen molar-refractivity contribution in [1.82, 2.24) is 5.32 Å². The SMILES string of the molecule is CCC1CCC(C(NC)c2cc3cccc(F)c3o2)C1. The number of nitrogens with one attached hydrogen (secondary N) is 1. The zero-order valence-electron chi connectivity index (χ0n) is 12.2. The fourth-order valence-corrected chi connectivity index (χ4v) is 3.60. The first-order valence-electron chi connectivity index (χ1n) is 7.58. The summed E-state index contributed by atoms with van der Waals surface area (Å²) in [5.74, 6) is 2.02. The molecule has 1 heterocycles. The maximum atomic E-state index is 13.7. The number of hydrogen-bond acceptors (Lipinski definition) is 2. The summed E-state index contributed by atoms with van der Waals surface area (Å²) < 4.78 is 19.5. The van der Waals surface area contributed by atoms with Gasteiger partial charge in [0.1, 0.15) is 5.76 Å². The van der Waals surface area contributed by atoms with Gasteiger partial charge in [-0.15, -0.1) is 0 Å². The number of para-hydroxylation sites is 1. The lowest BCUT2D eigenvalue weighted by atomic mass is 9.94. The van der Waals surface area contributed by atoms with E-state index in [1.807, 2.05) is 19.2 Å². The van der Waals surface area contributed by atoms with E-state index in [1.165, 1.54) is 31.7 Å². The summed E-state index contributed by atoms with van der Waals surface area (Å²) in [5.41, 5.74) is 0.382. The summed E-state index contributed by atoms with van der Waals surface area (Å²) in [4.78, 5) is 0. The van der Waals surface area contributed by atoms with E-state index >= 15 is 0 Å². The van der Waals surface area contributed by atoms with E-state index in [0.29, 0.717) is 11.5 Å². The molecule has 1 fully saturated rings. The van der Waals surface area contributed by atoms with Gasteiger partial charge in [0.25, 0.3) is 0 Å². The molecule has 2 aromatic rings. The molecule has 20 heavy (non-hydrogen) atoms. The highest BCUT2D eigenvalue weighted by Crippen LogP contribution is 2.41. The summed E-state index contributed by atoms with van der Waals surface area (Å²) in [6.45, 7) is 2.26. The van der Waals surface area contributed by atoms with Gasteiger partial charge < -0.3 is 9.73 Å². The Kier molecular flexibility index (Phi) is 3.79. The minimum atomic E-state index is -0.276. The Morgan fingerprint density at radius 2 is 2.25 bits per heavy atom. The number of furan rings is 1. The van der Waals surface area contributed by atoms with E-state index in [1.54, 1.807) is 6.07 Å². The van der Waals surface area contributed by atoms with E-state index in [-0.39, 0.29) is 11.9 Å². The van der Waals surface area contributed by atoms with Crippen molar-refractivity contribution in [2.75, 3.05) is 7.05 Å². The van der Waals surface area contributed by atoms with Crippen molar-refractivity contribution in [3.05, 3.63) is 35.8 Å². The van der Waals surface area contributed by atoms with Gasteiger partial charge in [0, 0.05) is 5.39 Å². The van der Waals surface area contributed by atoms with Crippen LogP contribution < -0.4 is 5.32 Å². The average molecular weight is 275 g/mol. The van der Waals surface area contributed by atoms with Gasteiger partial charge in [0.2, 0.25) is 0 Å². The second-order valence-electron chi connectivity index (χ2n) is 5.92. The summed E-state index contributed by atoms with van der Waals surface area (Å²) in [6, 6.07) is 7.26. The van der Waals surface area contributed by atoms with Crippen LogP contribution in [0, 0.1) is 17.7 Å². The first-order chi connectivity index (χ1) is 9.72. The van der Waals surface area contributed by atoms with Crippen LogP contribution >= 0.6 is 0 Å². The molecule has 3 unspecified atom stereocenters. The molecular formula is C17H22FNO. The maximum Gasteiger partial charge on any atom is 0.169 e. The van der Waals surface area contributed by atoms with Gasteiger partial charge in [-0.1, -0.05) is 31.9 Å². The fourth-order valence-electron chi connectivity index (χ4n) is 3.60. The lowest BCUT2D eigenvalue weighted by molar-refractivity contribution is 0.324. The van der Waals surface area contributed by atoms with E-state index in [4.69, 9.17) is 4.42 Å². The second kappa shape index (κ2) is 5.57. The molecule has 0 saturated heterocycles. The third-order valence-corrected chi connectivity index (χ3v) is 4.76. The van der Waals surface area contributed by atoms with Gasteiger partial charge in [0.15, 0.2) is 11.4 Å². The standard InChI is InChI=1S/C17H22FNO/c1-3-11-7-8-12(9-11)16(19-2)15-10-13-5-4-6-14(18)17(13)20-15/h4-6,10-12,16,19H,3,7-9H2,1-2H3. The molecule has 0 radical (unpaired) electrons. The van der Waals surface area contributed by atoms with Gasteiger partial charge in [-0.3, -0.25) is 0 Å². The molecule has 2 nitrogen and oxygen atoms in total. The molecule has 1 saturated carbocycles.